The lowest BCUT2D eigenvalue weighted by molar-refractivity contribution is -0.132. The van der Waals surface area contributed by atoms with Gasteiger partial charge in [0.1, 0.15) is 6.54 Å². The smallest absolute Gasteiger partial charge is 0.242 e. The summed E-state index contributed by atoms with van der Waals surface area (Å²) in [5.41, 5.74) is 2.88. The van der Waals surface area contributed by atoms with Crippen LogP contribution in [0.5, 0.6) is 5.88 Å². The van der Waals surface area contributed by atoms with E-state index in [1.807, 2.05) is 35.2 Å². The van der Waals surface area contributed by atoms with E-state index in [1.165, 1.54) is 22.3 Å². The van der Waals surface area contributed by atoms with Gasteiger partial charge in [0.2, 0.25) is 11.8 Å². The minimum atomic E-state index is 0.0147. The molecule has 7 heteroatoms. The number of allylic oxidation sites excluding steroid dienone is 1. The van der Waals surface area contributed by atoms with Crippen molar-refractivity contribution in [3.05, 3.63) is 38.7 Å². The molecule has 0 unspecified atom stereocenters. The van der Waals surface area contributed by atoms with Crippen LogP contribution in [0.1, 0.15) is 29.7 Å². The van der Waals surface area contributed by atoms with Crippen LogP contribution < -0.4 is 0 Å². The first-order chi connectivity index (χ1) is 12.6. The van der Waals surface area contributed by atoms with E-state index in [0.717, 1.165) is 42.8 Å². The molecule has 3 heterocycles. The van der Waals surface area contributed by atoms with Gasteiger partial charge in [-0.2, -0.15) is 0 Å². The van der Waals surface area contributed by atoms with E-state index < -0.39 is 0 Å². The van der Waals surface area contributed by atoms with Crippen LogP contribution in [0.25, 0.3) is 11.6 Å². The van der Waals surface area contributed by atoms with Gasteiger partial charge in [0, 0.05) is 30.4 Å². The van der Waals surface area contributed by atoms with Crippen molar-refractivity contribution in [3.63, 3.8) is 0 Å². The number of aromatic hydroxyl groups is 1. The van der Waals surface area contributed by atoms with E-state index in [2.05, 4.69) is 4.99 Å². The summed E-state index contributed by atoms with van der Waals surface area (Å²) in [5.74, 6) is 0.0662. The maximum atomic E-state index is 12.5. The molecule has 0 saturated carbocycles. The van der Waals surface area contributed by atoms with Crippen molar-refractivity contribution < 1.29 is 9.90 Å². The second-order valence-electron chi connectivity index (χ2n) is 6.46. The normalized spacial score (nSPS) is 17.7. The second-order valence-corrected chi connectivity index (χ2v) is 8.13. The lowest BCUT2D eigenvalue weighted by Crippen LogP contribution is -2.37. The summed E-state index contributed by atoms with van der Waals surface area (Å²) in [7, 11) is 0. The Hall–Kier alpha value is -2.25. The van der Waals surface area contributed by atoms with E-state index in [1.54, 1.807) is 6.21 Å². The molecule has 26 heavy (non-hydrogen) atoms. The molecule has 134 valence electrons. The summed E-state index contributed by atoms with van der Waals surface area (Å²) < 4.78 is 2.03. The molecule has 2 aliphatic rings. The molecule has 1 N–H and O–H groups in total. The molecule has 0 aliphatic carbocycles. The van der Waals surface area contributed by atoms with Gasteiger partial charge in [-0.25, -0.2) is 0 Å². The highest BCUT2D eigenvalue weighted by molar-refractivity contribution is 7.73. The standard InChI is InChI=1S/C19H19N3O2S2/c23-17(21-8-4-1-5-9-21)12-22-18(24)16(26-19(22)25)10-13-11-20-15-7-3-2-6-14(13)15/h2-3,6-7,10-11,24H,1,4-5,8-9,12H2/b13-10+. The number of amides is 1. The van der Waals surface area contributed by atoms with Crippen LogP contribution in [0.4, 0.5) is 5.69 Å². The number of fused-ring (bicyclic) bond motifs is 1. The van der Waals surface area contributed by atoms with Crippen molar-refractivity contribution >= 4 is 53.0 Å². The first kappa shape index (κ1) is 17.2. The molecule has 0 bridgehead atoms. The van der Waals surface area contributed by atoms with Gasteiger partial charge in [-0.05, 0) is 43.6 Å². The zero-order chi connectivity index (χ0) is 18.1. The summed E-state index contributed by atoms with van der Waals surface area (Å²) in [6, 6.07) is 7.87. The largest absolute Gasteiger partial charge is 0.493 e. The van der Waals surface area contributed by atoms with Gasteiger partial charge in [-0.1, -0.05) is 18.2 Å². The Bertz CT molecular complexity index is 965. The molecule has 1 amide bonds. The number of thiazole rings is 1. The molecule has 2 aliphatic heterocycles. The fraction of sp³-hybridized carbons (Fsp3) is 0.316. The molecule has 1 saturated heterocycles. The van der Waals surface area contributed by atoms with Gasteiger partial charge in [-0.3, -0.25) is 14.4 Å². The Morgan fingerprint density at radius 3 is 2.85 bits per heavy atom. The Labute approximate surface area is 160 Å². The van der Waals surface area contributed by atoms with Gasteiger partial charge < -0.3 is 10.0 Å². The van der Waals surface area contributed by atoms with E-state index in [-0.39, 0.29) is 18.3 Å². The lowest BCUT2D eigenvalue weighted by Gasteiger charge is -2.26. The van der Waals surface area contributed by atoms with Crippen LogP contribution in [0.2, 0.25) is 0 Å². The predicted molar refractivity (Wildman–Crippen MR) is 108 cm³/mol. The van der Waals surface area contributed by atoms with Crippen molar-refractivity contribution in [1.29, 1.82) is 0 Å². The topological polar surface area (TPSA) is 57.8 Å². The summed E-state index contributed by atoms with van der Waals surface area (Å²) in [6.45, 7) is 1.68. The number of hydrogen-bond donors (Lipinski definition) is 1. The number of aliphatic imine (C=N–C) groups is 1. The third-order valence-corrected chi connectivity index (χ3v) is 6.13. The molecule has 0 radical (unpaired) electrons. The highest BCUT2D eigenvalue weighted by Gasteiger charge is 2.20. The fourth-order valence-corrected chi connectivity index (χ4v) is 4.58. The number of likely N-dealkylation sites (tertiary alicyclic amines) is 1. The second kappa shape index (κ2) is 7.17. The van der Waals surface area contributed by atoms with Crippen molar-refractivity contribution in [3.8, 4) is 5.88 Å². The number of aromatic nitrogens is 1. The van der Waals surface area contributed by atoms with Crippen molar-refractivity contribution in [1.82, 2.24) is 9.47 Å². The van der Waals surface area contributed by atoms with Crippen LogP contribution in [-0.2, 0) is 11.3 Å². The molecular formula is C19H19N3O2S2. The number of rotatable bonds is 3. The Morgan fingerprint density at radius 2 is 2.04 bits per heavy atom. The van der Waals surface area contributed by atoms with Gasteiger partial charge in [-0.15, -0.1) is 11.3 Å². The molecule has 1 aromatic heterocycles. The first-order valence-corrected chi connectivity index (χ1v) is 9.91. The molecule has 2 aromatic rings. The molecule has 0 spiro atoms. The molecule has 0 atom stereocenters. The van der Waals surface area contributed by atoms with E-state index >= 15 is 0 Å². The van der Waals surface area contributed by atoms with Crippen LogP contribution in [0.3, 0.4) is 0 Å². The van der Waals surface area contributed by atoms with Crippen LogP contribution in [0.15, 0.2) is 29.3 Å². The number of nitrogens with zero attached hydrogens (tertiary/aromatic N) is 3. The zero-order valence-corrected chi connectivity index (χ0v) is 15.9. The minimum Gasteiger partial charge on any atom is -0.493 e. The van der Waals surface area contributed by atoms with Crippen LogP contribution in [-0.4, -0.2) is 39.8 Å². The van der Waals surface area contributed by atoms with E-state index in [0.29, 0.717) is 8.83 Å². The number of piperidine rings is 1. The van der Waals surface area contributed by atoms with E-state index in [4.69, 9.17) is 12.2 Å². The average Bonchev–Trinajstić information content (AvgIpc) is 3.19. The average molecular weight is 386 g/mol. The summed E-state index contributed by atoms with van der Waals surface area (Å²) in [4.78, 5) is 19.4. The summed E-state index contributed by atoms with van der Waals surface area (Å²) in [6.07, 6.45) is 6.93. The highest BCUT2D eigenvalue weighted by Crippen LogP contribution is 2.35. The van der Waals surface area contributed by atoms with Crippen molar-refractivity contribution in [2.24, 2.45) is 4.99 Å². The maximum Gasteiger partial charge on any atom is 0.242 e. The Balaban J connectivity index is 1.60. The monoisotopic (exact) mass is 385 g/mol. The fourth-order valence-electron chi connectivity index (χ4n) is 3.32. The Kier molecular flexibility index (Phi) is 4.74. The zero-order valence-electron chi connectivity index (χ0n) is 14.2. The van der Waals surface area contributed by atoms with Crippen LogP contribution >= 0.6 is 23.6 Å². The third kappa shape index (κ3) is 3.24. The van der Waals surface area contributed by atoms with Crippen molar-refractivity contribution in [2.45, 2.75) is 25.8 Å². The van der Waals surface area contributed by atoms with Crippen LogP contribution in [0, 0.1) is 3.95 Å². The molecule has 1 aromatic carbocycles. The summed E-state index contributed by atoms with van der Waals surface area (Å²) in [5, 5.41) is 10.6. The molecular weight excluding hydrogens is 366 g/mol. The number of hydrogen-bond acceptors (Lipinski definition) is 5. The van der Waals surface area contributed by atoms with Gasteiger partial charge >= 0.3 is 0 Å². The van der Waals surface area contributed by atoms with Gasteiger partial charge in [0.25, 0.3) is 0 Å². The minimum absolute atomic E-state index is 0.0147. The highest BCUT2D eigenvalue weighted by atomic mass is 32.1. The maximum absolute atomic E-state index is 12.5. The number of para-hydroxylation sites is 1. The number of carbonyl (C=O) groups excluding carboxylic acids is 1. The number of benzene rings is 1. The quantitative estimate of drug-likeness (QED) is 0.804. The predicted octanol–water partition coefficient (Wildman–Crippen LogP) is 4.25. The Morgan fingerprint density at radius 1 is 1.27 bits per heavy atom. The van der Waals surface area contributed by atoms with Gasteiger partial charge in [0.15, 0.2) is 3.95 Å². The SMILES string of the molecule is O=C(Cn1c(O)c(/C=C2\C=Nc3ccccc32)sc1=S)N1CCCCC1. The van der Waals surface area contributed by atoms with E-state index in [9.17, 15) is 9.90 Å². The number of carbonyl (C=O) groups is 1. The molecule has 4 rings (SSSR count). The van der Waals surface area contributed by atoms with Crippen molar-refractivity contribution in [2.75, 3.05) is 13.1 Å². The van der Waals surface area contributed by atoms with Gasteiger partial charge in [0.05, 0.1) is 10.6 Å². The molecule has 5 nitrogen and oxygen atoms in total. The summed E-state index contributed by atoms with van der Waals surface area (Å²) >= 11 is 6.70. The third-order valence-electron chi connectivity index (χ3n) is 4.74. The molecule has 1 fully saturated rings. The lowest BCUT2D eigenvalue weighted by atomic mass is 10.1. The first-order valence-electron chi connectivity index (χ1n) is 8.69.